The van der Waals surface area contributed by atoms with Gasteiger partial charge in [0.1, 0.15) is 0 Å². The lowest BCUT2D eigenvalue weighted by Gasteiger charge is -2.27. The van der Waals surface area contributed by atoms with Crippen molar-refractivity contribution in [3.05, 3.63) is 33.8 Å². The second kappa shape index (κ2) is 6.62. The fourth-order valence-electron chi connectivity index (χ4n) is 1.90. The third-order valence-electron chi connectivity index (χ3n) is 2.98. The minimum absolute atomic E-state index is 0.0770. The van der Waals surface area contributed by atoms with Gasteiger partial charge < -0.3 is 5.32 Å². The van der Waals surface area contributed by atoms with Gasteiger partial charge in [-0.2, -0.15) is 0 Å². The third kappa shape index (κ3) is 5.04. The number of hydrogen-bond acceptors (Lipinski definition) is 1. The molecular weight excluding hydrogens is 281 g/mol. The topological polar surface area (TPSA) is 29.1 Å². The molecule has 0 aromatic heterocycles. The zero-order valence-electron chi connectivity index (χ0n) is 11.9. The minimum Gasteiger partial charge on any atom is -0.355 e. The van der Waals surface area contributed by atoms with Crippen molar-refractivity contribution in [2.45, 2.75) is 39.5 Å². The van der Waals surface area contributed by atoms with Crippen molar-refractivity contribution in [1.29, 1.82) is 0 Å². The van der Waals surface area contributed by atoms with Crippen molar-refractivity contribution in [2.24, 2.45) is 5.92 Å². The molecule has 0 radical (unpaired) electrons. The van der Waals surface area contributed by atoms with Gasteiger partial charge in [0.25, 0.3) is 0 Å². The summed E-state index contributed by atoms with van der Waals surface area (Å²) in [6.07, 6.45) is 0.546. The van der Waals surface area contributed by atoms with E-state index in [0.717, 1.165) is 5.56 Å². The summed E-state index contributed by atoms with van der Waals surface area (Å²) in [4.78, 5) is 11.7. The summed E-state index contributed by atoms with van der Waals surface area (Å²) in [6, 6.07) is 5.47. The average Bonchev–Trinajstić information content (AvgIpc) is 2.25. The smallest absolute Gasteiger partial charge is 0.220 e. The summed E-state index contributed by atoms with van der Waals surface area (Å²) in [7, 11) is 0. The molecule has 0 unspecified atom stereocenters. The first-order chi connectivity index (χ1) is 8.72. The standard InChI is InChI=1S/C15H21Cl2NO/c1-10(2)7-14(19)18-9-15(3,4)12-6-5-11(16)8-13(12)17/h5-6,8,10H,7,9H2,1-4H3,(H,18,19). The molecule has 0 atom stereocenters. The number of carbonyl (C=O) groups is 1. The minimum atomic E-state index is -0.228. The van der Waals surface area contributed by atoms with Gasteiger partial charge in [-0.15, -0.1) is 0 Å². The predicted molar refractivity (Wildman–Crippen MR) is 82.0 cm³/mol. The fourth-order valence-corrected chi connectivity index (χ4v) is 2.56. The van der Waals surface area contributed by atoms with E-state index < -0.39 is 0 Å². The van der Waals surface area contributed by atoms with Crippen LogP contribution < -0.4 is 5.32 Å². The van der Waals surface area contributed by atoms with E-state index in [0.29, 0.717) is 28.9 Å². The number of halogens is 2. The zero-order valence-corrected chi connectivity index (χ0v) is 13.4. The van der Waals surface area contributed by atoms with Crippen LogP contribution in [0.25, 0.3) is 0 Å². The predicted octanol–water partition coefficient (Wildman–Crippen LogP) is 4.43. The van der Waals surface area contributed by atoms with Gasteiger partial charge in [0.15, 0.2) is 0 Å². The number of hydrogen-bond donors (Lipinski definition) is 1. The van der Waals surface area contributed by atoms with E-state index in [-0.39, 0.29) is 11.3 Å². The lowest BCUT2D eigenvalue weighted by atomic mass is 9.84. The van der Waals surface area contributed by atoms with Gasteiger partial charge in [0.2, 0.25) is 5.91 Å². The second-order valence-corrected chi connectivity index (χ2v) is 6.73. The van der Waals surface area contributed by atoms with Crippen LogP contribution in [0.4, 0.5) is 0 Å². The largest absolute Gasteiger partial charge is 0.355 e. The number of carbonyl (C=O) groups excluding carboxylic acids is 1. The first-order valence-corrected chi connectivity index (χ1v) is 7.20. The van der Waals surface area contributed by atoms with Gasteiger partial charge in [-0.25, -0.2) is 0 Å². The van der Waals surface area contributed by atoms with E-state index in [4.69, 9.17) is 23.2 Å². The quantitative estimate of drug-likeness (QED) is 0.856. The molecule has 0 saturated carbocycles. The summed E-state index contributed by atoms with van der Waals surface area (Å²) >= 11 is 12.1. The molecule has 1 aromatic carbocycles. The van der Waals surface area contributed by atoms with E-state index in [9.17, 15) is 4.79 Å². The molecule has 106 valence electrons. The van der Waals surface area contributed by atoms with Crippen molar-refractivity contribution in [2.75, 3.05) is 6.54 Å². The Morgan fingerprint density at radius 1 is 1.32 bits per heavy atom. The first kappa shape index (κ1) is 16.3. The van der Waals surface area contributed by atoms with Crippen LogP contribution in [0.5, 0.6) is 0 Å². The molecule has 0 aliphatic heterocycles. The summed E-state index contributed by atoms with van der Waals surface area (Å²) in [5.74, 6) is 0.440. The first-order valence-electron chi connectivity index (χ1n) is 6.44. The number of benzene rings is 1. The molecule has 0 spiro atoms. The third-order valence-corrected chi connectivity index (χ3v) is 3.53. The highest BCUT2D eigenvalue weighted by Crippen LogP contribution is 2.31. The van der Waals surface area contributed by atoms with E-state index in [1.165, 1.54) is 0 Å². The molecule has 1 N–H and O–H groups in total. The van der Waals surface area contributed by atoms with Gasteiger partial charge in [0.05, 0.1) is 0 Å². The van der Waals surface area contributed by atoms with Crippen molar-refractivity contribution in [3.8, 4) is 0 Å². The molecule has 4 heteroatoms. The summed E-state index contributed by atoms with van der Waals surface area (Å²) in [5, 5.41) is 4.22. The maximum absolute atomic E-state index is 11.7. The Labute approximate surface area is 125 Å². The van der Waals surface area contributed by atoms with Crippen LogP contribution in [0.2, 0.25) is 10.0 Å². The van der Waals surface area contributed by atoms with Crippen molar-refractivity contribution in [1.82, 2.24) is 5.32 Å². The van der Waals surface area contributed by atoms with Crippen LogP contribution in [0, 0.1) is 5.92 Å². The summed E-state index contributed by atoms with van der Waals surface area (Å²) < 4.78 is 0. The molecule has 0 aliphatic carbocycles. The van der Waals surface area contributed by atoms with Crippen LogP contribution in [0.15, 0.2) is 18.2 Å². The van der Waals surface area contributed by atoms with Crippen LogP contribution in [-0.4, -0.2) is 12.5 Å². The normalized spacial score (nSPS) is 11.7. The Bertz CT molecular complexity index is 455. The summed E-state index contributed by atoms with van der Waals surface area (Å²) in [6.45, 7) is 8.72. The molecule has 0 fully saturated rings. The Morgan fingerprint density at radius 2 is 1.95 bits per heavy atom. The molecular formula is C15H21Cl2NO. The highest BCUT2D eigenvalue weighted by molar-refractivity contribution is 6.35. The van der Waals surface area contributed by atoms with Gasteiger partial charge in [-0.3, -0.25) is 4.79 Å². The highest BCUT2D eigenvalue weighted by atomic mass is 35.5. The van der Waals surface area contributed by atoms with Crippen molar-refractivity contribution < 1.29 is 4.79 Å². The van der Waals surface area contributed by atoms with E-state index in [2.05, 4.69) is 19.2 Å². The van der Waals surface area contributed by atoms with Gasteiger partial charge in [0, 0.05) is 28.4 Å². The molecule has 0 saturated heterocycles. The lowest BCUT2D eigenvalue weighted by molar-refractivity contribution is -0.122. The van der Waals surface area contributed by atoms with Gasteiger partial charge in [-0.05, 0) is 23.6 Å². The molecule has 1 aromatic rings. The Kier molecular flexibility index (Phi) is 5.69. The van der Waals surface area contributed by atoms with Gasteiger partial charge >= 0.3 is 0 Å². The van der Waals surface area contributed by atoms with E-state index >= 15 is 0 Å². The van der Waals surface area contributed by atoms with Crippen LogP contribution in [-0.2, 0) is 10.2 Å². The molecule has 0 aliphatic rings. The highest BCUT2D eigenvalue weighted by Gasteiger charge is 2.24. The molecule has 0 heterocycles. The van der Waals surface area contributed by atoms with E-state index in [1.807, 2.05) is 26.0 Å². The van der Waals surface area contributed by atoms with Gasteiger partial charge in [-0.1, -0.05) is 57.0 Å². The Hall–Kier alpha value is -0.730. The molecule has 1 amide bonds. The van der Waals surface area contributed by atoms with Crippen molar-refractivity contribution in [3.63, 3.8) is 0 Å². The number of nitrogens with one attached hydrogen (secondary N) is 1. The van der Waals surface area contributed by atoms with Crippen LogP contribution >= 0.6 is 23.2 Å². The Balaban J connectivity index is 2.72. The fraction of sp³-hybridized carbons (Fsp3) is 0.533. The molecule has 2 nitrogen and oxygen atoms in total. The van der Waals surface area contributed by atoms with Crippen LogP contribution in [0.3, 0.4) is 0 Å². The maximum atomic E-state index is 11.7. The lowest BCUT2D eigenvalue weighted by Crippen LogP contribution is -2.37. The molecule has 0 bridgehead atoms. The number of amides is 1. The zero-order chi connectivity index (χ0) is 14.6. The Morgan fingerprint density at radius 3 is 2.47 bits per heavy atom. The van der Waals surface area contributed by atoms with Crippen molar-refractivity contribution >= 4 is 29.1 Å². The SMILES string of the molecule is CC(C)CC(=O)NCC(C)(C)c1ccc(Cl)cc1Cl. The number of rotatable bonds is 5. The molecule has 19 heavy (non-hydrogen) atoms. The molecule has 1 rings (SSSR count). The maximum Gasteiger partial charge on any atom is 0.220 e. The monoisotopic (exact) mass is 301 g/mol. The average molecular weight is 302 g/mol. The van der Waals surface area contributed by atoms with Crippen LogP contribution in [0.1, 0.15) is 39.7 Å². The second-order valence-electron chi connectivity index (χ2n) is 5.88. The summed E-state index contributed by atoms with van der Waals surface area (Å²) in [5.41, 5.74) is 0.761. The van der Waals surface area contributed by atoms with E-state index in [1.54, 1.807) is 6.07 Å².